The molecule has 1 unspecified atom stereocenters. The van der Waals surface area contributed by atoms with Gasteiger partial charge in [-0.05, 0) is 64.8 Å². The third-order valence-electron chi connectivity index (χ3n) is 6.31. The Bertz CT molecular complexity index is 1230. The normalized spacial score (nSPS) is 16.9. The lowest BCUT2D eigenvalue weighted by molar-refractivity contribution is -0.0607. The van der Waals surface area contributed by atoms with Crippen molar-refractivity contribution < 1.29 is 19.4 Å². The average Bonchev–Trinajstić information content (AvgIpc) is 3.23. The quantitative estimate of drug-likeness (QED) is 0.625. The summed E-state index contributed by atoms with van der Waals surface area (Å²) in [6.45, 7) is 7.94. The van der Waals surface area contributed by atoms with Crippen LogP contribution in [0.25, 0.3) is 16.7 Å². The van der Waals surface area contributed by atoms with Gasteiger partial charge in [-0.1, -0.05) is 0 Å². The molecule has 0 radical (unpaired) electrons. The van der Waals surface area contributed by atoms with E-state index in [1.54, 1.807) is 23.6 Å². The van der Waals surface area contributed by atoms with Crippen LogP contribution in [0.5, 0.6) is 5.75 Å². The molecule has 34 heavy (non-hydrogen) atoms. The van der Waals surface area contributed by atoms with Gasteiger partial charge in [0, 0.05) is 13.1 Å². The van der Waals surface area contributed by atoms with Gasteiger partial charge in [-0.15, -0.1) is 0 Å². The molecule has 1 aromatic carbocycles. The van der Waals surface area contributed by atoms with Gasteiger partial charge < -0.3 is 19.5 Å². The van der Waals surface area contributed by atoms with Crippen LogP contribution in [-0.4, -0.2) is 66.8 Å². The molecule has 1 N–H and O–H groups in total. The Morgan fingerprint density at radius 2 is 1.82 bits per heavy atom. The smallest absolute Gasteiger partial charge is 0.410 e. The fourth-order valence-electron chi connectivity index (χ4n) is 4.19. The van der Waals surface area contributed by atoms with Crippen LogP contribution in [0, 0.1) is 0 Å². The summed E-state index contributed by atoms with van der Waals surface area (Å²) in [6.07, 6.45) is 3.20. The third-order valence-corrected chi connectivity index (χ3v) is 6.31. The van der Waals surface area contributed by atoms with Crippen LogP contribution in [-0.2, 0) is 4.74 Å². The van der Waals surface area contributed by atoms with E-state index in [-0.39, 0.29) is 5.56 Å². The van der Waals surface area contributed by atoms with Crippen molar-refractivity contribution in [3.8, 4) is 11.4 Å². The van der Waals surface area contributed by atoms with E-state index < -0.39 is 23.3 Å². The van der Waals surface area contributed by atoms with Crippen LogP contribution in [0.1, 0.15) is 46.6 Å². The molecule has 10 heteroatoms. The highest BCUT2D eigenvalue weighted by molar-refractivity contribution is 5.75. The summed E-state index contributed by atoms with van der Waals surface area (Å²) in [6, 6.07) is 6.75. The number of ether oxygens (including phenoxy) is 2. The lowest BCUT2D eigenvalue weighted by Crippen LogP contribution is -2.52. The number of methoxy groups -OCH3 is 1. The molecule has 3 heterocycles. The number of hydrogen-bond acceptors (Lipinski definition) is 7. The van der Waals surface area contributed by atoms with Gasteiger partial charge in [-0.2, -0.15) is 5.10 Å². The Balaban J connectivity index is 1.55. The number of amides is 1. The molecule has 1 aliphatic heterocycles. The number of likely N-dealkylation sites (tertiary alicyclic amines) is 1. The number of aromatic nitrogens is 4. The summed E-state index contributed by atoms with van der Waals surface area (Å²) in [4.78, 5) is 31.7. The molecule has 0 spiro atoms. The van der Waals surface area contributed by atoms with Crippen LogP contribution >= 0.6 is 0 Å². The molecular weight excluding hydrogens is 438 g/mol. The summed E-state index contributed by atoms with van der Waals surface area (Å²) in [5.41, 5.74) is -0.834. The Morgan fingerprint density at radius 3 is 2.41 bits per heavy atom. The van der Waals surface area contributed by atoms with Crippen molar-refractivity contribution in [1.82, 2.24) is 24.2 Å². The van der Waals surface area contributed by atoms with Gasteiger partial charge in [0.25, 0.3) is 5.56 Å². The van der Waals surface area contributed by atoms with Gasteiger partial charge in [0.2, 0.25) is 0 Å². The summed E-state index contributed by atoms with van der Waals surface area (Å²) < 4.78 is 13.7. The van der Waals surface area contributed by atoms with Crippen molar-refractivity contribution in [2.24, 2.45) is 0 Å². The maximum atomic E-state index is 13.3. The maximum absolute atomic E-state index is 13.3. The first kappa shape index (κ1) is 23.7. The molecule has 182 valence electrons. The lowest BCUT2D eigenvalue weighted by Gasteiger charge is -2.42. The van der Waals surface area contributed by atoms with E-state index in [1.807, 2.05) is 45.0 Å². The predicted octanol–water partition coefficient (Wildman–Crippen LogP) is 2.91. The number of nitrogens with zero attached hydrogens (tertiary/aromatic N) is 5. The van der Waals surface area contributed by atoms with Gasteiger partial charge >= 0.3 is 6.09 Å². The lowest BCUT2D eigenvalue weighted by atomic mass is 9.85. The molecule has 1 saturated heterocycles. The van der Waals surface area contributed by atoms with Crippen molar-refractivity contribution in [3.63, 3.8) is 0 Å². The zero-order valence-electron chi connectivity index (χ0n) is 20.2. The van der Waals surface area contributed by atoms with Crippen LogP contribution in [0.2, 0.25) is 0 Å². The first-order valence-corrected chi connectivity index (χ1v) is 11.3. The monoisotopic (exact) mass is 469 g/mol. The number of hydrogen-bond donors (Lipinski definition) is 1. The van der Waals surface area contributed by atoms with E-state index in [2.05, 4.69) is 10.1 Å². The van der Waals surface area contributed by atoms with Crippen molar-refractivity contribution in [2.45, 2.75) is 57.8 Å². The van der Waals surface area contributed by atoms with Gasteiger partial charge in [0.1, 0.15) is 23.1 Å². The first-order chi connectivity index (χ1) is 16.0. The first-order valence-electron chi connectivity index (χ1n) is 11.3. The predicted molar refractivity (Wildman–Crippen MR) is 126 cm³/mol. The number of carbonyl (C=O) groups excluding carboxylic acids is 1. The third kappa shape index (κ3) is 4.50. The minimum atomic E-state index is -1.16. The number of carbonyl (C=O) groups is 1. The summed E-state index contributed by atoms with van der Waals surface area (Å²) in [5.74, 6) is 0.718. The number of rotatable bonds is 4. The van der Waals surface area contributed by atoms with E-state index in [0.717, 1.165) is 11.4 Å². The average molecular weight is 470 g/mol. The zero-order valence-corrected chi connectivity index (χ0v) is 20.2. The molecule has 3 aromatic rings. The minimum Gasteiger partial charge on any atom is -0.497 e. The van der Waals surface area contributed by atoms with Crippen molar-refractivity contribution in [2.75, 3.05) is 20.2 Å². The Labute approximate surface area is 197 Å². The maximum Gasteiger partial charge on any atom is 0.410 e. The highest BCUT2D eigenvalue weighted by Crippen LogP contribution is 2.33. The fraction of sp³-hybridized carbons (Fsp3) is 0.500. The topological polar surface area (TPSA) is 112 Å². The molecule has 1 fully saturated rings. The molecule has 1 aliphatic rings. The standard InChI is InChI=1S/C24H31N5O5/c1-16(24(32)10-12-27(13-11-24)22(31)34-23(2,3)4)28-15-25-20-19(21(28)30)14-26-29(20)17-6-8-18(33-5)9-7-17/h6-9,14-16,32H,10-13H2,1-5H3. The van der Waals surface area contributed by atoms with E-state index in [9.17, 15) is 14.7 Å². The Hall–Kier alpha value is -3.40. The minimum absolute atomic E-state index is 0.278. The Kier molecular flexibility index (Phi) is 6.11. The zero-order chi connectivity index (χ0) is 24.7. The van der Waals surface area contributed by atoms with E-state index in [4.69, 9.17) is 9.47 Å². The summed E-state index contributed by atoms with van der Waals surface area (Å²) >= 11 is 0. The van der Waals surface area contributed by atoms with Gasteiger partial charge in [-0.3, -0.25) is 9.36 Å². The summed E-state index contributed by atoms with van der Waals surface area (Å²) in [5, 5.41) is 16.1. The van der Waals surface area contributed by atoms with E-state index >= 15 is 0 Å². The molecule has 1 atom stereocenters. The van der Waals surface area contributed by atoms with Gasteiger partial charge in [-0.25, -0.2) is 14.5 Å². The molecule has 0 aliphatic carbocycles. The number of piperidine rings is 1. The van der Waals surface area contributed by atoms with Crippen LogP contribution < -0.4 is 10.3 Å². The van der Waals surface area contributed by atoms with Crippen LogP contribution in [0.4, 0.5) is 4.79 Å². The molecule has 10 nitrogen and oxygen atoms in total. The molecule has 4 rings (SSSR count). The molecule has 0 saturated carbocycles. The van der Waals surface area contributed by atoms with Crippen molar-refractivity contribution in [1.29, 1.82) is 0 Å². The summed E-state index contributed by atoms with van der Waals surface area (Å²) in [7, 11) is 1.60. The SMILES string of the molecule is COc1ccc(-n2ncc3c(=O)n(C(C)C4(O)CCN(C(=O)OC(C)(C)C)CC4)cnc32)cc1. The van der Waals surface area contributed by atoms with Crippen LogP contribution in [0.15, 0.2) is 41.6 Å². The van der Waals surface area contributed by atoms with Gasteiger partial charge in [0.15, 0.2) is 5.65 Å². The molecule has 1 amide bonds. The van der Waals surface area contributed by atoms with Crippen molar-refractivity contribution >= 4 is 17.1 Å². The second-order valence-corrected chi connectivity index (χ2v) is 9.70. The van der Waals surface area contributed by atoms with Gasteiger partial charge in [0.05, 0.1) is 30.6 Å². The fourth-order valence-corrected chi connectivity index (χ4v) is 4.19. The highest BCUT2D eigenvalue weighted by Gasteiger charge is 2.41. The number of fused-ring (bicyclic) bond motifs is 1. The molecule has 0 bridgehead atoms. The largest absolute Gasteiger partial charge is 0.497 e. The van der Waals surface area contributed by atoms with E-state index in [0.29, 0.717) is 37.0 Å². The molecular formula is C24H31N5O5. The number of aliphatic hydroxyl groups is 1. The second-order valence-electron chi connectivity index (χ2n) is 9.70. The van der Waals surface area contributed by atoms with E-state index in [1.165, 1.54) is 17.1 Å². The highest BCUT2D eigenvalue weighted by atomic mass is 16.6. The number of benzene rings is 1. The van der Waals surface area contributed by atoms with Crippen LogP contribution in [0.3, 0.4) is 0 Å². The van der Waals surface area contributed by atoms with Crippen molar-refractivity contribution in [3.05, 3.63) is 47.1 Å². The Morgan fingerprint density at radius 1 is 1.18 bits per heavy atom. The molecule has 2 aromatic heterocycles. The second kappa shape index (κ2) is 8.75.